The molecule has 0 aliphatic heterocycles. The Bertz CT molecular complexity index is 1210. The first-order valence-corrected chi connectivity index (χ1v) is 14.4. The number of aromatic nitrogens is 1. The van der Waals surface area contributed by atoms with E-state index in [0.717, 1.165) is 11.3 Å². The second kappa shape index (κ2) is 11.1. The molecule has 0 aromatic carbocycles. The summed E-state index contributed by atoms with van der Waals surface area (Å²) in [7, 11) is -4.13. The van der Waals surface area contributed by atoms with Crippen molar-refractivity contribution < 1.29 is 33.2 Å². The van der Waals surface area contributed by atoms with E-state index in [-0.39, 0.29) is 45.8 Å². The van der Waals surface area contributed by atoms with E-state index in [1.54, 1.807) is 34.6 Å². The molecule has 2 atom stereocenters. The Morgan fingerprint density at radius 2 is 1.76 bits per heavy atom. The van der Waals surface area contributed by atoms with Crippen LogP contribution in [0.4, 0.5) is 5.13 Å². The lowest BCUT2D eigenvalue weighted by atomic mass is 9.89. The first kappa shape index (κ1) is 30.7. The van der Waals surface area contributed by atoms with Gasteiger partial charge in [0.25, 0.3) is 7.44 Å². The van der Waals surface area contributed by atoms with Crippen molar-refractivity contribution in [2.24, 2.45) is 5.41 Å². The predicted octanol–water partition coefficient (Wildman–Crippen LogP) is 4.20. The summed E-state index contributed by atoms with van der Waals surface area (Å²) < 4.78 is 25.5. The Labute approximate surface area is 221 Å². The molecule has 0 saturated heterocycles. The lowest BCUT2D eigenvalue weighted by Gasteiger charge is -2.35. The maximum Gasteiger partial charge on any atom is 0.326 e. The molecule has 13 heteroatoms. The van der Waals surface area contributed by atoms with Crippen LogP contribution in [0.15, 0.2) is 16.5 Å². The summed E-state index contributed by atoms with van der Waals surface area (Å²) in [5.74, 6) is -1.97. The summed E-state index contributed by atoms with van der Waals surface area (Å²) in [5.41, 5.74) is 2.14. The van der Waals surface area contributed by atoms with Gasteiger partial charge in [-0.15, -0.1) is 0 Å². The molecule has 0 aliphatic rings. The van der Waals surface area contributed by atoms with E-state index in [1.165, 1.54) is 32.9 Å². The molecule has 0 fully saturated rings. The molecule has 0 amide bonds. The third-order valence-electron chi connectivity index (χ3n) is 5.52. The number of Topliss-reactive ketones (excluding diaryl/α,β-unsaturated/α-hetero) is 1. The van der Waals surface area contributed by atoms with Gasteiger partial charge in [0, 0.05) is 5.41 Å². The smallest absolute Gasteiger partial charge is 0.326 e. The predicted molar refractivity (Wildman–Crippen MR) is 143 cm³/mol. The fourth-order valence-corrected chi connectivity index (χ4v) is 7.13. The molecule has 0 bridgehead atoms. The highest BCUT2D eigenvalue weighted by atomic mass is 32.1. The summed E-state index contributed by atoms with van der Waals surface area (Å²) in [5, 5.41) is 15.6. The highest BCUT2D eigenvalue weighted by molar-refractivity contribution is 7.67. The number of carbonyl (C=O) groups is 3. The summed E-state index contributed by atoms with van der Waals surface area (Å²) in [4.78, 5) is 42.3. The van der Waals surface area contributed by atoms with E-state index in [0.29, 0.717) is 6.42 Å². The van der Waals surface area contributed by atoms with Gasteiger partial charge in [-0.3, -0.25) is 18.9 Å². The zero-order valence-electron chi connectivity index (χ0n) is 22.6. The Morgan fingerprint density at radius 1 is 1.14 bits per heavy atom. The number of hydrogen-bond acceptors (Lipinski definition) is 9. The van der Waals surface area contributed by atoms with Crippen LogP contribution >= 0.6 is 18.8 Å². The molecule has 2 aromatic rings. The summed E-state index contributed by atoms with van der Waals surface area (Å²) in [6.45, 7) is 13.2. The molecule has 5 N–H and O–H groups in total. The number of esters is 1. The normalized spacial score (nSPS) is 15.6. The number of nitrogens with one attached hydrogen (secondary N) is 2. The maximum absolute atomic E-state index is 14.5. The molecule has 2 unspecified atom stereocenters. The number of nitrogen functional groups attached to an aromatic ring is 1. The molecule has 37 heavy (non-hydrogen) atoms. The standard InChI is InChI=1S/C24H37N4O7PS/c1-9-13-24(8,19(30)31)28-36(33,27-23(6,7)20(32)34-10-2)15-12-11-14(35-15)16-17(37-21(25)26-16)18(29)22(3,4)5/h11-12H,9-10,13H2,1-8H3,(H2,25,26)(H,30,31)(H2,27,28,33). The monoisotopic (exact) mass is 556 g/mol. The van der Waals surface area contributed by atoms with Gasteiger partial charge < -0.3 is 20.0 Å². The van der Waals surface area contributed by atoms with Gasteiger partial charge in [0.2, 0.25) is 0 Å². The average Bonchev–Trinajstić information content (AvgIpc) is 3.39. The third-order valence-corrected chi connectivity index (χ3v) is 8.94. The third kappa shape index (κ3) is 6.87. The van der Waals surface area contributed by atoms with Crippen molar-refractivity contribution in [3.05, 3.63) is 17.0 Å². The number of rotatable bonds is 12. The van der Waals surface area contributed by atoms with Crippen molar-refractivity contribution in [2.75, 3.05) is 12.3 Å². The topological polar surface area (TPSA) is 174 Å². The van der Waals surface area contributed by atoms with E-state index in [1.807, 2.05) is 0 Å². The van der Waals surface area contributed by atoms with Gasteiger partial charge in [0.15, 0.2) is 22.2 Å². The second-order valence-electron chi connectivity index (χ2n) is 10.5. The Morgan fingerprint density at radius 3 is 2.27 bits per heavy atom. The number of nitrogens with zero attached hydrogens (tertiary/aromatic N) is 1. The molecule has 0 aliphatic carbocycles. The largest absolute Gasteiger partial charge is 0.480 e. The number of hydrogen-bond donors (Lipinski definition) is 4. The molecule has 11 nitrogen and oxygen atoms in total. The number of carboxylic acids is 1. The molecule has 2 heterocycles. The van der Waals surface area contributed by atoms with Crippen LogP contribution in [0.1, 0.15) is 77.9 Å². The van der Waals surface area contributed by atoms with Gasteiger partial charge in [0.1, 0.15) is 21.6 Å². The number of thiazole rings is 1. The Hall–Kier alpha value is -2.53. The van der Waals surface area contributed by atoms with Gasteiger partial charge in [0.05, 0.1) is 6.61 Å². The zero-order valence-corrected chi connectivity index (χ0v) is 24.3. The SMILES string of the molecule is CCCC(C)(NP(=O)(NC(C)(C)C(=O)OCC)c1ccc(-c2nc(N)sc2C(=O)C(C)(C)C)o1)C(=O)O. The number of ether oxygens (including phenoxy) is 1. The summed E-state index contributed by atoms with van der Waals surface area (Å²) >= 11 is 1.02. The van der Waals surface area contributed by atoms with Crippen LogP contribution in [0.25, 0.3) is 11.5 Å². The van der Waals surface area contributed by atoms with Crippen LogP contribution in [0, 0.1) is 5.41 Å². The average molecular weight is 557 g/mol. The lowest BCUT2D eigenvalue weighted by Crippen LogP contribution is -2.55. The van der Waals surface area contributed by atoms with Gasteiger partial charge in [-0.05, 0) is 46.2 Å². The minimum atomic E-state index is -4.13. The number of nitrogens with two attached hydrogens (primary N) is 1. The van der Waals surface area contributed by atoms with E-state index >= 15 is 0 Å². The van der Waals surface area contributed by atoms with Crippen molar-refractivity contribution in [1.82, 2.24) is 15.2 Å². The molecule has 0 spiro atoms. The zero-order chi connectivity index (χ0) is 28.4. The first-order valence-electron chi connectivity index (χ1n) is 11.9. The quantitative estimate of drug-likeness (QED) is 0.168. The summed E-state index contributed by atoms with van der Waals surface area (Å²) in [6.07, 6.45) is 0.630. The maximum atomic E-state index is 14.5. The van der Waals surface area contributed by atoms with E-state index in [9.17, 15) is 24.1 Å². The fraction of sp³-hybridized carbons (Fsp3) is 0.583. The lowest BCUT2D eigenvalue weighted by molar-refractivity contribution is -0.148. The van der Waals surface area contributed by atoms with Gasteiger partial charge in [-0.1, -0.05) is 45.5 Å². The van der Waals surface area contributed by atoms with E-state index in [4.69, 9.17) is 14.9 Å². The molecule has 0 saturated carbocycles. The molecular formula is C24H37N4O7PS. The van der Waals surface area contributed by atoms with Crippen molar-refractivity contribution in [3.8, 4) is 11.5 Å². The van der Waals surface area contributed by atoms with Gasteiger partial charge >= 0.3 is 11.9 Å². The van der Waals surface area contributed by atoms with Crippen LogP contribution in [0.5, 0.6) is 0 Å². The summed E-state index contributed by atoms with van der Waals surface area (Å²) in [6, 6.07) is 2.88. The number of carboxylic acid groups (broad SMARTS) is 1. The highest BCUT2D eigenvalue weighted by Crippen LogP contribution is 2.44. The van der Waals surface area contributed by atoms with Crippen LogP contribution in [-0.4, -0.2) is 45.5 Å². The van der Waals surface area contributed by atoms with Gasteiger partial charge in [-0.2, -0.15) is 0 Å². The molecular weight excluding hydrogens is 519 g/mol. The molecule has 0 radical (unpaired) electrons. The Kier molecular flexibility index (Phi) is 9.18. The number of anilines is 1. The number of ketones is 1. The van der Waals surface area contributed by atoms with Crippen LogP contribution in [0.3, 0.4) is 0 Å². The molecule has 2 aromatic heterocycles. The molecule has 206 valence electrons. The minimum absolute atomic E-state index is 0.102. The fourth-order valence-electron chi connectivity index (χ4n) is 3.57. The van der Waals surface area contributed by atoms with Gasteiger partial charge in [-0.25, -0.2) is 15.2 Å². The van der Waals surface area contributed by atoms with E-state index in [2.05, 4.69) is 15.2 Å². The minimum Gasteiger partial charge on any atom is -0.480 e. The molecule has 2 rings (SSSR count). The van der Waals surface area contributed by atoms with Crippen LogP contribution < -0.4 is 21.4 Å². The van der Waals surface area contributed by atoms with Crippen molar-refractivity contribution in [2.45, 2.75) is 79.3 Å². The Balaban J connectivity index is 2.65. The van der Waals surface area contributed by atoms with Crippen LogP contribution in [-0.2, 0) is 18.9 Å². The van der Waals surface area contributed by atoms with Crippen molar-refractivity contribution >= 4 is 47.1 Å². The number of carbonyl (C=O) groups excluding carboxylic acids is 2. The first-order chi connectivity index (χ1) is 16.9. The second-order valence-corrected chi connectivity index (χ2v) is 13.6. The highest BCUT2D eigenvalue weighted by Gasteiger charge is 2.46. The van der Waals surface area contributed by atoms with Crippen LogP contribution in [0.2, 0.25) is 0 Å². The number of aliphatic carboxylic acids is 1. The van der Waals surface area contributed by atoms with E-state index < -0.39 is 35.9 Å². The number of furan rings is 1. The van der Waals surface area contributed by atoms with Crippen molar-refractivity contribution in [1.29, 1.82) is 0 Å². The van der Waals surface area contributed by atoms with Crippen molar-refractivity contribution in [3.63, 3.8) is 0 Å².